The van der Waals surface area contributed by atoms with Gasteiger partial charge in [0.15, 0.2) is 0 Å². The quantitative estimate of drug-likeness (QED) is 0.282. The number of morpholine rings is 1. The molecule has 1 aliphatic heterocycles. The molecule has 1 atom stereocenters. The fourth-order valence-electron chi connectivity index (χ4n) is 5.14. The first-order valence-corrected chi connectivity index (χ1v) is 14.3. The van der Waals surface area contributed by atoms with Crippen molar-refractivity contribution in [2.45, 2.75) is 39.2 Å². The van der Waals surface area contributed by atoms with Gasteiger partial charge in [-0.05, 0) is 47.1 Å². The molecule has 0 bridgehead atoms. The van der Waals surface area contributed by atoms with Crippen LogP contribution in [0.25, 0.3) is 16.5 Å². The van der Waals surface area contributed by atoms with Gasteiger partial charge in [0.2, 0.25) is 0 Å². The van der Waals surface area contributed by atoms with Crippen molar-refractivity contribution in [3.8, 4) is 17.5 Å². The Morgan fingerprint density at radius 2 is 1.90 bits per heavy atom. The third-order valence-electron chi connectivity index (χ3n) is 7.46. The molecule has 1 fully saturated rings. The second-order valence-corrected chi connectivity index (χ2v) is 11.6. The van der Waals surface area contributed by atoms with Crippen molar-refractivity contribution < 1.29 is 14.3 Å². The molecule has 0 radical (unpaired) electrons. The molecule has 8 heteroatoms. The van der Waals surface area contributed by atoms with Gasteiger partial charge in [-0.3, -0.25) is 10.2 Å². The van der Waals surface area contributed by atoms with E-state index in [1.807, 2.05) is 43.3 Å². The van der Waals surface area contributed by atoms with E-state index in [1.165, 1.54) is 5.56 Å². The van der Waals surface area contributed by atoms with E-state index in [4.69, 9.17) is 9.47 Å². The van der Waals surface area contributed by atoms with Crippen LogP contribution in [0.3, 0.4) is 0 Å². The van der Waals surface area contributed by atoms with E-state index in [2.05, 4.69) is 71.4 Å². The van der Waals surface area contributed by atoms with Crippen molar-refractivity contribution in [3.63, 3.8) is 0 Å². The molecule has 0 saturated carbocycles. The highest BCUT2D eigenvalue weighted by atomic mass is 16.5. The van der Waals surface area contributed by atoms with Gasteiger partial charge in [-0.1, -0.05) is 69.0 Å². The number of urea groups is 1. The lowest BCUT2D eigenvalue weighted by atomic mass is 9.86. The van der Waals surface area contributed by atoms with Gasteiger partial charge in [-0.2, -0.15) is 5.10 Å². The maximum Gasteiger partial charge on any atom is 0.324 e. The Kier molecular flexibility index (Phi) is 8.93. The van der Waals surface area contributed by atoms with Crippen LogP contribution in [-0.4, -0.2) is 66.8 Å². The molecule has 1 saturated heterocycles. The number of carbonyl (C=O) groups is 1. The van der Waals surface area contributed by atoms with E-state index >= 15 is 0 Å². The van der Waals surface area contributed by atoms with Crippen LogP contribution in [0.4, 0.5) is 16.3 Å². The minimum atomic E-state index is -0.344. The molecule has 3 aromatic carbocycles. The van der Waals surface area contributed by atoms with E-state index in [9.17, 15) is 4.79 Å². The van der Waals surface area contributed by atoms with Crippen molar-refractivity contribution in [3.05, 3.63) is 83.6 Å². The van der Waals surface area contributed by atoms with Gasteiger partial charge in [-0.15, -0.1) is 0 Å². The average molecular weight is 566 g/mol. The maximum absolute atomic E-state index is 13.2. The molecule has 1 aliphatic rings. The van der Waals surface area contributed by atoms with Crippen LogP contribution in [0.1, 0.15) is 37.5 Å². The van der Waals surface area contributed by atoms with E-state index < -0.39 is 0 Å². The largest absolute Gasteiger partial charge is 0.382 e. The summed E-state index contributed by atoms with van der Waals surface area (Å²) in [5, 5.41) is 12.4. The van der Waals surface area contributed by atoms with Gasteiger partial charge in [0.05, 0.1) is 43.4 Å². The van der Waals surface area contributed by atoms with Crippen molar-refractivity contribution in [1.82, 2.24) is 14.7 Å². The van der Waals surface area contributed by atoms with Gasteiger partial charge in [-0.25, -0.2) is 9.48 Å². The lowest BCUT2D eigenvalue weighted by molar-refractivity contribution is -0.0575. The van der Waals surface area contributed by atoms with Gasteiger partial charge in [0.25, 0.3) is 0 Å². The predicted octanol–water partition coefficient (Wildman–Crippen LogP) is 5.97. The summed E-state index contributed by atoms with van der Waals surface area (Å²) in [6.45, 7) is 12.2. The SMILES string of the molecule is COCC1CN(CC#Cc2ccc(NC(=O)Nc3ccnn3-c3cc(C(C)(C)C)ccc3C)c3ccccc23)CCO1. The number of aryl methyl sites for hydroxylation is 1. The van der Waals surface area contributed by atoms with E-state index in [1.54, 1.807) is 24.1 Å². The number of fused-ring (bicyclic) bond motifs is 1. The van der Waals surface area contributed by atoms with Crippen LogP contribution >= 0.6 is 0 Å². The van der Waals surface area contributed by atoms with Crippen LogP contribution < -0.4 is 10.6 Å². The molecule has 1 unspecified atom stereocenters. The Labute approximate surface area is 248 Å². The van der Waals surface area contributed by atoms with Crippen LogP contribution in [0.15, 0.2) is 66.9 Å². The first kappa shape index (κ1) is 29.3. The number of hydrogen-bond acceptors (Lipinski definition) is 5. The normalized spacial score (nSPS) is 15.7. The number of methoxy groups -OCH3 is 1. The molecule has 42 heavy (non-hydrogen) atoms. The summed E-state index contributed by atoms with van der Waals surface area (Å²) in [7, 11) is 1.69. The van der Waals surface area contributed by atoms with Crippen molar-refractivity contribution in [1.29, 1.82) is 0 Å². The fourth-order valence-corrected chi connectivity index (χ4v) is 5.14. The lowest BCUT2D eigenvalue weighted by Gasteiger charge is -2.31. The summed E-state index contributed by atoms with van der Waals surface area (Å²) in [5.74, 6) is 7.25. The Morgan fingerprint density at radius 1 is 1.10 bits per heavy atom. The Morgan fingerprint density at radius 3 is 2.69 bits per heavy atom. The molecule has 2 N–H and O–H groups in total. The summed E-state index contributed by atoms with van der Waals surface area (Å²) in [6, 6.07) is 19.7. The van der Waals surface area contributed by atoms with Gasteiger partial charge in [0, 0.05) is 37.2 Å². The Balaban J connectivity index is 1.31. The maximum atomic E-state index is 13.2. The summed E-state index contributed by atoms with van der Waals surface area (Å²) < 4.78 is 12.7. The molecule has 2 heterocycles. The molecule has 4 aromatic rings. The van der Waals surface area contributed by atoms with Crippen molar-refractivity contribution in [2.24, 2.45) is 0 Å². The third-order valence-corrected chi connectivity index (χ3v) is 7.46. The Bertz CT molecular complexity index is 1620. The van der Waals surface area contributed by atoms with Gasteiger partial charge < -0.3 is 14.8 Å². The highest BCUT2D eigenvalue weighted by molar-refractivity contribution is 6.07. The van der Waals surface area contributed by atoms with Crippen molar-refractivity contribution in [2.75, 3.05) is 50.6 Å². The first-order chi connectivity index (χ1) is 20.2. The van der Waals surface area contributed by atoms with E-state index in [-0.39, 0.29) is 17.6 Å². The minimum Gasteiger partial charge on any atom is -0.382 e. The zero-order valence-electron chi connectivity index (χ0n) is 25.0. The highest BCUT2D eigenvalue weighted by Crippen LogP contribution is 2.29. The molecular weight excluding hydrogens is 526 g/mol. The smallest absolute Gasteiger partial charge is 0.324 e. The molecule has 0 aliphatic carbocycles. The number of rotatable bonds is 6. The predicted molar refractivity (Wildman–Crippen MR) is 169 cm³/mol. The summed E-state index contributed by atoms with van der Waals surface area (Å²) in [5.41, 5.74) is 4.83. The third kappa shape index (κ3) is 6.82. The number of benzene rings is 3. The van der Waals surface area contributed by atoms with E-state index in [0.717, 1.165) is 40.7 Å². The number of anilines is 2. The zero-order valence-corrected chi connectivity index (χ0v) is 25.0. The van der Waals surface area contributed by atoms with Crippen molar-refractivity contribution >= 4 is 28.3 Å². The monoisotopic (exact) mass is 565 g/mol. The molecule has 1 aromatic heterocycles. The van der Waals surface area contributed by atoms with Crippen LogP contribution in [0.5, 0.6) is 0 Å². The summed E-state index contributed by atoms with van der Waals surface area (Å²) in [6.07, 6.45) is 1.77. The lowest BCUT2D eigenvalue weighted by Crippen LogP contribution is -2.44. The average Bonchev–Trinajstić information content (AvgIpc) is 3.41. The number of ether oxygens (including phenoxy) is 2. The second-order valence-electron chi connectivity index (χ2n) is 11.6. The molecule has 2 amide bonds. The summed E-state index contributed by atoms with van der Waals surface area (Å²) in [4.78, 5) is 15.5. The molecular formula is C34H39N5O3. The zero-order chi connectivity index (χ0) is 29.7. The standard InChI is InChI=1S/C34H39N5O3/c1-24-12-14-26(34(2,3)4)21-31(24)39-32(16-17-35-39)37-33(40)36-30-15-13-25(28-10-6-7-11-29(28)30)9-8-18-38-19-20-42-27(22-38)23-41-5/h6-7,10-17,21,27H,18-20,22-23H2,1-5H3,(H2,36,37,40). The number of nitrogens with one attached hydrogen (secondary N) is 2. The molecule has 5 rings (SSSR count). The first-order valence-electron chi connectivity index (χ1n) is 14.3. The number of hydrogen-bond donors (Lipinski definition) is 2. The fraction of sp³-hybridized carbons (Fsp3) is 0.353. The number of aromatic nitrogens is 2. The Hall–Kier alpha value is -4.16. The van der Waals surface area contributed by atoms with Crippen LogP contribution in [0.2, 0.25) is 0 Å². The topological polar surface area (TPSA) is 80.7 Å². The van der Waals surface area contributed by atoms with Crippen LogP contribution in [0, 0.1) is 18.8 Å². The van der Waals surface area contributed by atoms with Gasteiger partial charge >= 0.3 is 6.03 Å². The molecule has 218 valence electrons. The number of nitrogens with zero attached hydrogens (tertiary/aromatic N) is 3. The highest BCUT2D eigenvalue weighted by Gasteiger charge is 2.20. The molecule has 0 spiro atoms. The van der Waals surface area contributed by atoms with E-state index in [0.29, 0.717) is 31.3 Å². The van der Waals surface area contributed by atoms with Crippen LogP contribution in [-0.2, 0) is 14.9 Å². The number of carbonyl (C=O) groups excluding carboxylic acids is 1. The summed E-state index contributed by atoms with van der Waals surface area (Å²) >= 11 is 0. The number of amides is 2. The second kappa shape index (κ2) is 12.8. The minimum absolute atomic E-state index is 0.00615. The van der Waals surface area contributed by atoms with Gasteiger partial charge in [0.1, 0.15) is 5.82 Å². The molecule has 8 nitrogen and oxygen atoms in total.